The molecule has 0 radical (unpaired) electrons. The van der Waals surface area contributed by atoms with E-state index >= 15 is 0 Å². The van der Waals surface area contributed by atoms with Gasteiger partial charge in [0.1, 0.15) is 12.1 Å². The van der Waals surface area contributed by atoms with Crippen molar-refractivity contribution in [2.45, 2.75) is 31.3 Å². The van der Waals surface area contributed by atoms with Crippen molar-refractivity contribution in [3.63, 3.8) is 0 Å². The third-order valence-corrected chi connectivity index (χ3v) is 8.06. The normalized spacial score (nSPS) is 24.2. The topological polar surface area (TPSA) is 56.4 Å². The molecule has 5 nitrogen and oxygen atoms in total. The summed E-state index contributed by atoms with van der Waals surface area (Å²) in [5, 5.41) is 1.15. The Labute approximate surface area is 180 Å². The number of carbonyl (C=O) groups excluding carboxylic acids is 2. The van der Waals surface area contributed by atoms with E-state index in [9.17, 15) is 9.59 Å². The fraction of sp³-hybridized carbons (Fsp3) is 0.364. The van der Waals surface area contributed by atoms with Gasteiger partial charge in [-0.2, -0.15) is 0 Å². The first kappa shape index (κ1) is 17.7. The number of benzene rings is 1. The summed E-state index contributed by atoms with van der Waals surface area (Å²) in [6.07, 6.45) is 2.92. The molecule has 0 unspecified atom stereocenters. The standard InChI is InChI=1S/C22H20BrN3O2S/c23-18-8-7-17(29-18)21-20-14(13-3-1-2-4-15(13)24-20)9-16-22(28)25(10-12-5-6-12)11-19(27)26(16)21/h1-4,7-8,12,16,21,24H,5-6,9-11H2/t16-,21-/m0/s1. The predicted molar refractivity (Wildman–Crippen MR) is 116 cm³/mol. The Kier molecular flexibility index (Phi) is 3.93. The molecule has 0 bridgehead atoms. The summed E-state index contributed by atoms with van der Waals surface area (Å²) in [5.74, 6) is 0.733. The van der Waals surface area contributed by atoms with Crippen molar-refractivity contribution in [2.24, 2.45) is 5.92 Å². The first-order chi connectivity index (χ1) is 14.1. The largest absolute Gasteiger partial charge is 0.356 e. The molecule has 148 valence electrons. The van der Waals surface area contributed by atoms with Crippen LogP contribution in [0.15, 0.2) is 40.2 Å². The smallest absolute Gasteiger partial charge is 0.246 e. The highest BCUT2D eigenvalue weighted by molar-refractivity contribution is 9.11. The summed E-state index contributed by atoms with van der Waals surface area (Å²) < 4.78 is 1.03. The number of carbonyl (C=O) groups is 2. The lowest BCUT2D eigenvalue weighted by molar-refractivity contribution is -0.158. The number of hydrogen-bond donors (Lipinski definition) is 1. The zero-order valence-corrected chi connectivity index (χ0v) is 18.1. The summed E-state index contributed by atoms with van der Waals surface area (Å²) in [6, 6.07) is 11.6. The lowest BCUT2D eigenvalue weighted by Gasteiger charge is -2.46. The van der Waals surface area contributed by atoms with Gasteiger partial charge in [0, 0.05) is 34.4 Å². The third kappa shape index (κ3) is 2.78. The maximum Gasteiger partial charge on any atom is 0.246 e. The number of hydrogen-bond acceptors (Lipinski definition) is 3. The van der Waals surface area contributed by atoms with Gasteiger partial charge in [0.15, 0.2) is 0 Å². The molecule has 3 aliphatic rings. The summed E-state index contributed by atoms with van der Waals surface area (Å²) in [5.41, 5.74) is 3.28. The number of thiophene rings is 1. The fourth-order valence-electron chi connectivity index (χ4n) is 4.86. The van der Waals surface area contributed by atoms with E-state index in [0.717, 1.165) is 31.8 Å². The lowest BCUT2D eigenvalue weighted by atomic mass is 9.88. The Balaban J connectivity index is 1.51. The van der Waals surface area contributed by atoms with Crippen molar-refractivity contribution < 1.29 is 9.59 Å². The zero-order valence-electron chi connectivity index (χ0n) is 15.7. The van der Waals surface area contributed by atoms with Crippen LogP contribution in [0.1, 0.15) is 35.0 Å². The van der Waals surface area contributed by atoms with E-state index in [1.54, 1.807) is 11.3 Å². The molecular formula is C22H20BrN3O2S. The van der Waals surface area contributed by atoms with Crippen molar-refractivity contribution in [1.82, 2.24) is 14.8 Å². The van der Waals surface area contributed by atoms with E-state index in [0.29, 0.717) is 12.3 Å². The second-order valence-corrected chi connectivity index (χ2v) is 10.8. The number of piperazine rings is 1. The SMILES string of the molecule is O=C1[C@@H]2Cc3c([nH]c4ccccc34)[C@H](c3ccc(Br)s3)N2C(=O)CN1CC1CC1. The van der Waals surface area contributed by atoms with Gasteiger partial charge in [0.05, 0.1) is 10.3 Å². The quantitative estimate of drug-likeness (QED) is 0.627. The highest BCUT2D eigenvalue weighted by Crippen LogP contribution is 2.45. The van der Waals surface area contributed by atoms with Gasteiger partial charge < -0.3 is 14.8 Å². The molecule has 6 rings (SSSR count). The number of halogens is 1. The van der Waals surface area contributed by atoms with Gasteiger partial charge in [-0.3, -0.25) is 9.59 Å². The van der Waals surface area contributed by atoms with Gasteiger partial charge in [-0.25, -0.2) is 0 Å². The van der Waals surface area contributed by atoms with E-state index < -0.39 is 6.04 Å². The molecule has 2 aliphatic heterocycles. The summed E-state index contributed by atoms with van der Waals surface area (Å²) in [6.45, 7) is 0.926. The maximum absolute atomic E-state index is 13.4. The van der Waals surface area contributed by atoms with Crippen molar-refractivity contribution in [3.05, 3.63) is 56.3 Å². The van der Waals surface area contributed by atoms with Gasteiger partial charge in [-0.1, -0.05) is 18.2 Å². The minimum atomic E-state index is -0.424. The number of fused-ring (bicyclic) bond motifs is 4. The van der Waals surface area contributed by atoms with E-state index in [1.165, 1.54) is 18.4 Å². The number of H-pyrrole nitrogens is 1. The van der Waals surface area contributed by atoms with E-state index in [1.807, 2.05) is 28.0 Å². The molecule has 29 heavy (non-hydrogen) atoms. The van der Waals surface area contributed by atoms with Crippen LogP contribution in [0.25, 0.3) is 10.9 Å². The molecule has 1 aromatic carbocycles. The number of para-hydroxylation sites is 1. The van der Waals surface area contributed by atoms with Crippen molar-refractivity contribution >= 4 is 50.0 Å². The van der Waals surface area contributed by atoms with Crippen LogP contribution in [0.4, 0.5) is 0 Å². The fourth-order valence-corrected chi connectivity index (χ4v) is 6.40. The Bertz CT molecular complexity index is 1150. The molecule has 7 heteroatoms. The molecule has 2 amide bonds. The van der Waals surface area contributed by atoms with Crippen LogP contribution in [0, 0.1) is 5.92 Å². The number of aromatic nitrogens is 1. The molecule has 0 spiro atoms. The second kappa shape index (κ2) is 6.44. The Morgan fingerprint density at radius 3 is 2.72 bits per heavy atom. The van der Waals surface area contributed by atoms with Crippen LogP contribution in [0.2, 0.25) is 0 Å². The van der Waals surface area contributed by atoms with E-state index in [-0.39, 0.29) is 24.4 Å². The molecule has 3 aromatic rings. The van der Waals surface area contributed by atoms with Gasteiger partial charge in [-0.05, 0) is 58.5 Å². The molecule has 2 aromatic heterocycles. The molecule has 2 fully saturated rings. The number of aromatic amines is 1. The minimum absolute atomic E-state index is 0.0501. The molecule has 4 heterocycles. The Morgan fingerprint density at radius 1 is 1.14 bits per heavy atom. The van der Waals surface area contributed by atoms with Crippen LogP contribution in [0.3, 0.4) is 0 Å². The van der Waals surface area contributed by atoms with Crippen LogP contribution in [-0.4, -0.2) is 45.7 Å². The number of nitrogens with zero attached hydrogens (tertiary/aromatic N) is 2. The van der Waals surface area contributed by atoms with E-state index in [4.69, 9.17) is 0 Å². The molecule has 2 atom stereocenters. The predicted octanol–water partition coefficient (Wildman–Crippen LogP) is 4.09. The number of rotatable bonds is 3. The maximum atomic E-state index is 13.4. The minimum Gasteiger partial charge on any atom is -0.356 e. The van der Waals surface area contributed by atoms with Gasteiger partial charge in [0.25, 0.3) is 0 Å². The van der Waals surface area contributed by atoms with Crippen LogP contribution in [-0.2, 0) is 16.0 Å². The molecule has 1 saturated heterocycles. The van der Waals surface area contributed by atoms with Crippen molar-refractivity contribution in [2.75, 3.05) is 13.1 Å². The first-order valence-corrected chi connectivity index (χ1v) is 11.7. The molecule has 1 saturated carbocycles. The van der Waals surface area contributed by atoms with Gasteiger partial charge in [-0.15, -0.1) is 11.3 Å². The van der Waals surface area contributed by atoms with Crippen molar-refractivity contribution in [1.29, 1.82) is 0 Å². The van der Waals surface area contributed by atoms with Crippen LogP contribution in [0.5, 0.6) is 0 Å². The monoisotopic (exact) mass is 469 g/mol. The zero-order chi connectivity index (χ0) is 19.7. The van der Waals surface area contributed by atoms with E-state index in [2.05, 4.69) is 39.1 Å². The number of amides is 2. The average Bonchev–Trinajstić information content (AvgIpc) is 3.30. The Morgan fingerprint density at radius 2 is 1.97 bits per heavy atom. The molecule has 1 N–H and O–H groups in total. The van der Waals surface area contributed by atoms with Gasteiger partial charge >= 0.3 is 0 Å². The van der Waals surface area contributed by atoms with Crippen molar-refractivity contribution in [3.8, 4) is 0 Å². The van der Waals surface area contributed by atoms with Crippen LogP contribution < -0.4 is 0 Å². The highest BCUT2D eigenvalue weighted by Gasteiger charge is 2.49. The van der Waals surface area contributed by atoms with Gasteiger partial charge in [0.2, 0.25) is 11.8 Å². The third-order valence-electron chi connectivity index (χ3n) is 6.38. The highest BCUT2D eigenvalue weighted by atomic mass is 79.9. The molecule has 1 aliphatic carbocycles. The summed E-state index contributed by atoms with van der Waals surface area (Å²) in [7, 11) is 0. The second-order valence-electron chi connectivity index (χ2n) is 8.29. The lowest BCUT2D eigenvalue weighted by Crippen LogP contribution is -2.63. The van der Waals surface area contributed by atoms with Crippen LogP contribution >= 0.6 is 27.3 Å². The summed E-state index contributed by atoms with van der Waals surface area (Å²) in [4.78, 5) is 35.0. The summed E-state index contributed by atoms with van der Waals surface area (Å²) >= 11 is 5.19. The molecular weight excluding hydrogens is 450 g/mol. The first-order valence-electron chi connectivity index (χ1n) is 10.0. The number of nitrogens with one attached hydrogen (secondary N) is 1. The average molecular weight is 470 g/mol. The Hall–Kier alpha value is -2.12.